The van der Waals surface area contributed by atoms with Crippen LogP contribution in [0.1, 0.15) is 75.2 Å². The molecule has 0 N–H and O–H groups in total. The lowest BCUT2D eigenvalue weighted by Crippen LogP contribution is -2.43. The fourth-order valence-electron chi connectivity index (χ4n) is 5.96. The molecule has 0 amide bonds. The minimum absolute atomic E-state index is 0.113. The third-order valence-corrected chi connectivity index (χ3v) is 10.1. The van der Waals surface area contributed by atoms with Crippen LogP contribution in [0.5, 0.6) is 0 Å². The maximum absolute atomic E-state index is 13.9. The number of imidazole rings is 1. The molecule has 2 aromatic carbocycles. The van der Waals surface area contributed by atoms with Crippen molar-refractivity contribution in [2.45, 2.75) is 88.6 Å². The molecule has 1 fully saturated rings. The Balaban J connectivity index is 1.50. The van der Waals surface area contributed by atoms with Gasteiger partial charge in [0.15, 0.2) is 0 Å². The summed E-state index contributed by atoms with van der Waals surface area (Å²) in [4.78, 5) is 6.81. The highest BCUT2D eigenvalue weighted by Crippen LogP contribution is 2.36. The molecule has 2 aliphatic rings. The summed E-state index contributed by atoms with van der Waals surface area (Å²) in [5.41, 5.74) is 1.88. The Morgan fingerprint density at radius 3 is 2.35 bits per heavy atom. The van der Waals surface area contributed by atoms with E-state index in [1.807, 2.05) is 36.8 Å². The van der Waals surface area contributed by atoms with Gasteiger partial charge in [-0.3, -0.25) is 0 Å². The molecule has 1 unspecified atom stereocenters. The summed E-state index contributed by atoms with van der Waals surface area (Å²) in [6, 6.07) is 11.8. The second kappa shape index (κ2) is 11.6. The van der Waals surface area contributed by atoms with Crippen LogP contribution in [0.25, 0.3) is 0 Å². The minimum Gasteiger partial charge on any atom is -0.361 e. The highest BCUT2D eigenvalue weighted by molar-refractivity contribution is 7.89. The number of alkyl halides is 3. The summed E-state index contributed by atoms with van der Waals surface area (Å²) in [5.74, 6) is 0.639. The normalized spacial score (nSPS) is 19.2. The number of halogens is 3. The first-order valence-corrected chi connectivity index (χ1v) is 15.5. The molecule has 1 saturated carbocycles. The van der Waals surface area contributed by atoms with Crippen LogP contribution < -0.4 is 4.90 Å². The van der Waals surface area contributed by atoms with Crippen molar-refractivity contribution in [2.24, 2.45) is 5.92 Å². The van der Waals surface area contributed by atoms with Crippen LogP contribution in [-0.4, -0.2) is 34.9 Å². The Morgan fingerprint density at radius 2 is 1.70 bits per heavy atom. The number of nitrogens with zero attached hydrogens (tertiary/aromatic N) is 4. The lowest BCUT2D eigenvalue weighted by atomic mass is 9.97. The fraction of sp³-hybridized carbons (Fsp3) is 0.500. The molecule has 1 atom stereocenters. The number of anilines is 1. The summed E-state index contributed by atoms with van der Waals surface area (Å²) >= 11 is 0. The van der Waals surface area contributed by atoms with Gasteiger partial charge in [0.05, 0.1) is 29.0 Å². The van der Waals surface area contributed by atoms with Gasteiger partial charge in [0.25, 0.3) is 0 Å². The van der Waals surface area contributed by atoms with Crippen molar-refractivity contribution in [1.82, 2.24) is 13.9 Å². The molecule has 2 heterocycles. The van der Waals surface area contributed by atoms with E-state index in [9.17, 15) is 21.6 Å². The Hall–Kier alpha value is -2.85. The first-order chi connectivity index (χ1) is 19.0. The van der Waals surface area contributed by atoms with Crippen LogP contribution in [0, 0.1) is 5.92 Å². The molecule has 0 saturated heterocycles. The molecule has 1 aliphatic carbocycles. The van der Waals surface area contributed by atoms with E-state index in [1.165, 1.54) is 30.0 Å². The van der Waals surface area contributed by atoms with Gasteiger partial charge in [0.1, 0.15) is 0 Å². The molecule has 1 aliphatic heterocycles. The van der Waals surface area contributed by atoms with Gasteiger partial charge in [-0.15, -0.1) is 0 Å². The summed E-state index contributed by atoms with van der Waals surface area (Å²) in [6.45, 7) is 5.13. The third kappa shape index (κ3) is 6.22. The van der Waals surface area contributed by atoms with Gasteiger partial charge in [-0.05, 0) is 68.5 Å². The van der Waals surface area contributed by atoms with Crippen LogP contribution in [0.2, 0.25) is 0 Å². The van der Waals surface area contributed by atoms with E-state index < -0.39 is 21.8 Å². The van der Waals surface area contributed by atoms with Crippen LogP contribution in [-0.2, 0) is 29.3 Å². The third-order valence-electron chi connectivity index (χ3n) is 8.29. The van der Waals surface area contributed by atoms with Gasteiger partial charge < -0.3 is 9.47 Å². The Labute approximate surface area is 234 Å². The Bertz CT molecular complexity index is 1400. The van der Waals surface area contributed by atoms with Gasteiger partial charge in [0.2, 0.25) is 10.0 Å². The van der Waals surface area contributed by atoms with Crippen molar-refractivity contribution >= 4 is 15.7 Å². The average Bonchev–Trinajstić information content (AvgIpc) is 3.59. The Kier molecular flexibility index (Phi) is 8.29. The van der Waals surface area contributed by atoms with Gasteiger partial charge >= 0.3 is 6.18 Å². The molecule has 1 aromatic heterocycles. The van der Waals surface area contributed by atoms with Crippen molar-refractivity contribution < 1.29 is 21.6 Å². The SMILES string of the molecule is CC(C)n1cnc(CN2c3ccccc3CN(S(=O)(=O)c3ccc(C(F)(F)F)cc3)CC2CCC2CCCC2)c1. The van der Waals surface area contributed by atoms with E-state index in [0.717, 1.165) is 54.1 Å². The lowest BCUT2D eigenvalue weighted by Gasteiger charge is -2.34. The van der Waals surface area contributed by atoms with Gasteiger partial charge in [-0.1, -0.05) is 43.9 Å². The van der Waals surface area contributed by atoms with E-state index in [0.29, 0.717) is 12.5 Å². The van der Waals surface area contributed by atoms with Crippen LogP contribution >= 0.6 is 0 Å². The van der Waals surface area contributed by atoms with Crippen molar-refractivity contribution in [3.8, 4) is 0 Å². The Morgan fingerprint density at radius 1 is 1.00 bits per heavy atom. The molecule has 40 heavy (non-hydrogen) atoms. The highest BCUT2D eigenvalue weighted by atomic mass is 32.2. The minimum atomic E-state index is -4.53. The zero-order valence-corrected chi connectivity index (χ0v) is 23.8. The number of aromatic nitrogens is 2. The summed E-state index contributed by atoms with van der Waals surface area (Å²) in [6.07, 6.45) is 6.07. The van der Waals surface area contributed by atoms with E-state index in [1.54, 1.807) is 0 Å². The highest BCUT2D eigenvalue weighted by Gasteiger charge is 2.36. The smallest absolute Gasteiger partial charge is 0.361 e. The van der Waals surface area contributed by atoms with Crippen molar-refractivity contribution in [2.75, 3.05) is 11.4 Å². The largest absolute Gasteiger partial charge is 0.416 e. The molecule has 3 aromatic rings. The first-order valence-electron chi connectivity index (χ1n) is 14.1. The van der Waals surface area contributed by atoms with Crippen molar-refractivity contribution in [3.05, 3.63) is 77.9 Å². The molecular formula is C30H37F3N4O2S. The lowest BCUT2D eigenvalue weighted by molar-refractivity contribution is -0.137. The predicted molar refractivity (Wildman–Crippen MR) is 149 cm³/mol. The number of hydrogen-bond donors (Lipinski definition) is 0. The zero-order chi connectivity index (χ0) is 28.5. The van der Waals surface area contributed by atoms with E-state index in [4.69, 9.17) is 0 Å². The maximum atomic E-state index is 13.9. The van der Waals surface area contributed by atoms with Gasteiger partial charge in [-0.2, -0.15) is 17.5 Å². The summed E-state index contributed by atoms with van der Waals surface area (Å²) in [7, 11) is -4.04. The fourth-order valence-corrected chi connectivity index (χ4v) is 7.42. The molecular weight excluding hydrogens is 537 g/mol. The first kappa shape index (κ1) is 28.7. The van der Waals surface area contributed by atoms with E-state index in [2.05, 4.69) is 28.3 Å². The summed E-state index contributed by atoms with van der Waals surface area (Å²) in [5, 5.41) is 0. The molecule has 6 nitrogen and oxygen atoms in total. The van der Waals surface area contributed by atoms with Crippen molar-refractivity contribution in [1.29, 1.82) is 0 Å². The standard InChI is InChI=1S/C30H37F3N4O2S/c1-22(2)35-18-26(34-21-35)19-37-27(14-11-23-7-3-4-8-23)20-36(17-24-9-5-6-10-29(24)37)40(38,39)28-15-12-25(13-16-28)30(31,32)33/h5-6,9-10,12-13,15-16,18,21-23,27H,3-4,7-8,11,14,17,19-20H2,1-2H3. The van der Waals surface area contributed by atoms with E-state index >= 15 is 0 Å². The molecule has 0 spiro atoms. The number of para-hydroxylation sites is 1. The second-order valence-electron chi connectivity index (χ2n) is 11.4. The predicted octanol–water partition coefficient (Wildman–Crippen LogP) is 7.03. The number of hydrogen-bond acceptors (Lipinski definition) is 4. The van der Waals surface area contributed by atoms with Crippen LogP contribution in [0.3, 0.4) is 0 Å². The molecule has 216 valence electrons. The zero-order valence-electron chi connectivity index (χ0n) is 23.0. The number of fused-ring (bicyclic) bond motifs is 1. The topological polar surface area (TPSA) is 58.4 Å². The quantitative estimate of drug-likeness (QED) is 0.290. The molecule has 10 heteroatoms. The second-order valence-corrected chi connectivity index (χ2v) is 13.3. The van der Waals surface area contributed by atoms with Gasteiger partial charge in [-0.25, -0.2) is 13.4 Å². The number of benzene rings is 2. The van der Waals surface area contributed by atoms with Gasteiger partial charge in [0, 0.05) is 37.1 Å². The summed E-state index contributed by atoms with van der Waals surface area (Å²) < 4.78 is 70.7. The maximum Gasteiger partial charge on any atom is 0.416 e. The van der Waals surface area contributed by atoms with Crippen LogP contribution in [0.4, 0.5) is 18.9 Å². The average molecular weight is 575 g/mol. The molecule has 0 bridgehead atoms. The van der Waals surface area contributed by atoms with Crippen LogP contribution in [0.15, 0.2) is 66.0 Å². The molecule has 0 radical (unpaired) electrons. The molecule has 5 rings (SSSR count). The number of sulfonamides is 1. The van der Waals surface area contributed by atoms with E-state index in [-0.39, 0.29) is 30.1 Å². The monoisotopic (exact) mass is 574 g/mol. The van der Waals surface area contributed by atoms with Crippen molar-refractivity contribution in [3.63, 3.8) is 0 Å². The number of rotatable bonds is 8.